The van der Waals surface area contributed by atoms with Crippen LogP contribution in [-0.2, 0) is 4.79 Å². The van der Waals surface area contributed by atoms with E-state index in [9.17, 15) is 9.59 Å². The Kier molecular flexibility index (Phi) is 3.92. The predicted octanol–water partition coefficient (Wildman–Crippen LogP) is 1.36. The van der Waals surface area contributed by atoms with E-state index in [1.807, 2.05) is 0 Å². The number of carboxylic acid groups (broad SMARTS) is 1. The van der Waals surface area contributed by atoms with Gasteiger partial charge in [-0.15, -0.1) is 0 Å². The molecule has 0 saturated heterocycles. The van der Waals surface area contributed by atoms with Crippen LogP contribution in [0.1, 0.15) is 17.3 Å². The zero-order valence-electron chi connectivity index (χ0n) is 9.73. The molecule has 6 nitrogen and oxygen atoms in total. The van der Waals surface area contributed by atoms with Gasteiger partial charge < -0.3 is 19.9 Å². The molecule has 2 N–H and O–H groups in total. The van der Waals surface area contributed by atoms with Gasteiger partial charge in [-0.25, -0.2) is 4.79 Å². The Hall–Kier alpha value is -2.24. The largest absolute Gasteiger partial charge is 0.493 e. The van der Waals surface area contributed by atoms with E-state index in [-0.39, 0.29) is 28.7 Å². The Balaban J connectivity index is 3.36. The quantitative estimate of drug-likeness (QED) is 0.828. The fourth-order valence-corrected chi connectivity index (χ4v) is 1.37. The lowest BCUT2D eigenvalue weighted by atomic mass is 10.1. The molecule has 1 rings (SSSR count). The second kappa shape index (κ2) is 5.20. The third-order valence-electron chi connectivity index (χ3n) is 2.04. The standard InChI is InChI=1S/C11H13NO5/c1-6(13)12-8-4-7(11(14)15)5-9(16-2)10(8)17-3/h4-5H,1-3H3,(H,12,13)(H,14,15). The van der Waals surface area contributed by atoms with Crippen molar-refractivity contribution in [2.45, 2.75) is 6.92 Å². The summed E-state index contributed by atoms with van der Waals surface area (Å²) in [4.78, 5) is 21.9. The lowest BCUT2D eigenvalue weighted by Crippen LogP contribution is -2.09. The van der Waals surface area contributed by atoms with Crippen LogP contribution in [0, 0.1) is 0 Å². The van der Waals surface area contributed by atoms with Crippen molar-refractivity contribution < 1.29 is 24.2 Å². The summed E-state index contributed by atoms with van der Waals surface area (Å²) in [5.41, 5.74) is 0.267. The number of carbonyl (C=O) groups excluding carboxylic acids is 1. The molecule has 0 spiro atoms. The van der Waals surface area contributed by atoms with Crippen molar-refractivity contribution in [3.63, 3.8) is 0 Å². The van der Waals surface area contributed by atoms with E-state index in [2.05, 4.69) is 5.32 Å². The van der Waals surface area contributed by atoms with Crippen molar-refractivity contribution in [3.8, 4) is 11.5 Å². The zero-order valence-corrected chi connectivity index (χ0v) is 9.73. The Morgan fingerprint density at radius 1 is 1.24 bits per heavy atom. The number of amides is 1. The van der Waals surface area contributed by atoms with Crippen molar-refractivity contribution in [1.29, 1.82) is 0 Å². The number of nitrogens with one attached hydrogen (secondary N) is 1. The highest BCUT2D eigenvalue weighted by molar-refractivity contribution is 5.95. The molecule has 0 atom stereocenters. The first-order valence-electron chi connectivity index (χ1n) is 4.76. The number of rotatable bonds is 4. The van der Waals surface area contributed by atoms with Crippen LogP contribution >= 0.6 is 0 Å². The monoisotopic (exact) mass is 239 g/mol. The average molecular weight is 239 g/mol. The second-order valence-corrected chi connectivity index (χ2v) is 3.25. The van der Waals surface area contributed by atoms with E-state index < -0.39 is 5.97 Å². The molecule has 92 valence electrons. The van der Waals surface area contributed by atoms with E-state index in [4.69, 9.17) is 14.6 Å². The van der Waals surface area contributed by atoms with Crippen LogP contribution in [0.3, 0.4) is 0 Å². The third kappa shape index (κ3) is 2.87. The number of carboxylic acids is 1. The van der Waals surface area contributed by atoms with E-state index >= 15 is 0 Å². The lowest BCUT2D eigenvalue weighted by Gasteiger charge is -2.13. The van der Waals surface area contributed by atoms with Crippen molar-refractivity contribution in [3.05, 3.63) is 17.7 Å². The molecule has 0 heterocycles. The minimum Gasteiger partial charge on any atom is -0.493 e. The van der Waals surface area contributed by atoms with Crippen LogP contribution in [0.2, 0.25) is 0 Å². The molecule has 0 aromatic heterocycles. The molecule has 0 unspecified atom stereocenters. The summed E-state index contributed by atoms with van der Waals surface area (Å²) in [5.74, 6) is -0.908. The highest BCUT2D eigenvalue weighted by Gasteiger charge is 2.16. The van der Waals surface area contributed by atoms with Gasteiger partial charge in [-0.1, -0.05) is 0 Å². The summed E-state index contributed by atoms with van der Waals surface area (Å²) in [5, 5.41) is 11.4. The van der Waals surface area contributed by atoms with Crippen LogP contribution in [0.5, 0.6) is 11.5 Å². The highest BCUT2D eigenvalue weighted by Crippen LogP contribution is 2.36. The van der Waals surface area contributed by atoms with Gasteiger partial charge in [-0.2, -0.15) is 0 Å². The first-order chi connectivity index (χ1) is 7.99. The van der Waals surface area contributed by atoms with Gasteiger partial charge in [0.15, 0.2) is 11.5 Å². The molecule has 0 saturated carbocycles. The molecular formula is C11H13NO5. The maximum atomic E-state index is 11.0. The smallest absolute Gasteiger partial charge is 0.335 e. The number of benzene rings is 1. The topological polar surface area (TPSA) is 84.9 Å². The number of aromatic carboxylic acids is 1. The van der Waals surface area contributed by atoms with Crippen molar-refractivity contribution in [2.24, 2.45) is 0 Å². The number of hydrogen-bond acceptors (Lipinski definition) is 4. The van der Waals surface area contributed by atoms with Gasteiger partial charge in [0.1, 0.15) is 0 Å². The maximum absolute atomic E-state index is 11.0. The zero-order chi connectivity index (χ0) is 13.0. The second-order valence-electron chi connectivity index (χ2n) is 3.25. The molecule has 0 radical (unpaired) electrons. The molecule has 1 amide bonds. The molecule has 17 heavy (non-hydrogen) atoms. The van der Waals surface area contributed by atoms with Gasteiger partial charge in [0, 0.05) is 6.92 Å². The summed E-state index contributed by atoms with van der Waals surface area (Å²) in [6, 6.07) is 2.64. The van der Waals surface area contributed by atoms with Crippen LogP contribution in [0.25, 0.3) is 0 Å². The Morgan fingerprint density at radius 3 is 2.29 bits per heavy atom. The Morgan fingerprint density at radius 2 is 1.88 bits per heavy atom. The third-order valence-corrected chi connectivity index (χ3v) is 2.04. The molecule has 0 bridgehead atoms. The number of methoxy groups -OCH3 is 2. The number of anilines is 1. The van der Waals surface area contributed by atoms with Crippen LogP contribution < -0.4 is 14.8 Å². The van der Waals surface area contributed by atoms with Gasteiger partial charge in [0.05, 0.1) is 25.5 Å². The molecule has 6 heteroatoms. The van der Waals surface area contributed by atoms with Crippen molar-refractivity contribution in [2.75, 3.05) is 19.5 Å². The van der Waals surface area contributed by atoms with Gasteiger partial charge in [0.25, 0.3) is 0 Å². The number of hydrogen-bond donors (Lipinski definition) is 2. The molecule has 0 aliphatic carbocycles. The van der Waals surface area contributed by atoms with Gasteiger partial charge in [-0.05, 0) is 12.1 Å². The SMILES string of the molecule is COc1cc(C(=O)O)cc(NC(C)=O)c1OC. The highest BCUT2D eigenvalue weighted by atomic mass is 16.5. The summed E-state index contributed by atoms with van der Waals surface area (Å²) < 4.78 is 10.1. The fraction of sp³-hybridized carbons (Fsp3) is 0.273. The minimum atomic E-state index is -1.11. The van der Waals surface area contributed by atoms with E-state index in [1.165, 1.54) is 33.3 Å². The van der Waals surface area contributed by atoms with E-state index in [0.29, 0.717) is 0 Å². The fourth-order valence-electron chi connectivity index (χ4n) is 1.37. The molecule has 1 aromatic carbocycles. The van der Waals surface area contributed by atoms with Crippen LogP contribution in [0.15, 0.2) is 12.1 Å². The molecule has 0 fully saturated rings. The first kappa shape index (κ1) is 12.8. The first-order valence-corrected chi connectivity index (χ1v) is 4.76. The van der Waals surface area contributed by atoms with Gasteiger partial charge in [-0.3, -0.25) is 4.79 Å². The molecular weight excluding hydrogens is 226 g/mol. The summed E-state index contributed by atoms with van der Waals surface area (Å²) >= 11 is 0. The summed E-state index contributed by atoms with van der Waals surface area (Å²) in [7, 11) is 2.80. The number of carbonyl (C=O) groups is 2. The summed E-state index contributed by atoms with van der Waals surface area (Å²) in [6.07, 6.45) is 0. The average Bonchev–Trinajstić information content (AvgIpc) is 2.26. The normalized spacial score (nSPS) is 9.59. The van der Waals surface area contributed by atoms with Crippen LogP contribution in [0.4, 0.5) is 5.69 Å². The predicted molar refractivity (Wildman–Crippen MR) is 60.8 cm³/mol. The van der Waals surface area contributed by atoms with Gasteiger partial charge >= 0.3 is 5.97 Å². The minimum absolute atomic E-state index is 0.00593. The lowest BCUT2D eigenvalue weighted by molar-refractivity contribution is -0.114. The number of ether oxygens (including phenoxy) is 2. The Bertz CT molecular complexity index is 455. The van der Waals surface area contributed by atoms with E-state index in [0.717, 1.165) is 0 Å². The molecule has 0 aliphatic rings. The maximum Gasteiger partial charge on any atom is 0.335 e. The molecule has 1 aromatic rings. The van der Waals surface area contributed by atoms with Crippen molar-refractivity contribution in [1.82, 2.24) is 0 Å². The summed E-state index contributed by atoms with van der Waals surface area (Å²) in [6.45, 7) is 1.32. The van der Waals surface area contributed by atoms with E-state index in [1.54, 1.807) is 0 Å². The Labute approximate surface area is 98.2 Å². The van der Waals surface area contributed by atoms with Gasteiger partial charge in [0.2, 0.25) is 5.91 Å². The van der Waals surface area contributed by atoms with Crippen LogP contribution in [-0.4, -0.2) is 31.2 Å². The van der Waals surface area contributed by atoms with Crippen molar-refractivity contribution >= 4 is 17.6 Å². The molecule has 0 aliphatic heterocycles.